The Morgan fingerprint density at radius 1 is 1.42 bits per heavy atom. The highest BCUT2D eigenvalue weighted by molar-refractivity contribution is 6.06. The van der Waals surface area contributed by atoms with Crippen LogP contribution in [0.1, 0.15) is 23.2 Å². The SMILES string of the molecule is N#C[C@@H]1CCCN1C(=O)CNC(=O)c1ccnc2cc(F)ccc12. The second-order valence-corrected chi connectivity index (χ2v) is 5.58. The molecule has 2 heterocycles. The van der Waals surface area contributed by atoms with Crippen molar-refractivity contribution in [2.45, 2.75) is 18.9 Å². The molecule has 1 fully saturated rings. The highest BCUT2D eigenvalue weighted by Gasteiger charge is 2.28. The molecule has 1 aliphatic heterocycles. The second-order valence-electron chi connectivity index (χ2n) is 5.58. The van der Waals surface area contributed by atoms with Gasteiger partial charge in [0.25, 0.3) is 5.91 Å². The van der Waals surface area contributed by atoms with Gasteiger partial charge in [-0.05, 0) is 31.0 Å². The summed E-state index contributed by atoms with van der Waals surface area (Å²) in [5.74, 6) is -1.15. The lowest BCUT2D eigenvalue weighted by atomic mass is 10.1. The maximum absolute atomic E-state index is 13.2. The molecular formula is C17H15FN4O2. The van der Waals surface area contributed by atoms with E-state index in [0.717, 1.165) is 6.42 Å². The first-order valence-electron chi connectivity index (χ1n) is 7.61. The van der Waals surface area contributed by atoms with E-state index in [4.69, 9.17) is 5.26 Å². The number of likely N-dealkylation sites (tertiary alicyclic amines) is 1. The van der Waals surface area contributed by atoms with Gasteiger partial charge in [-0.15, -0.1) is 0 Å². The lowest BCUT2D eigenvalue weighted by Crippen LogP contribution is -2.42. The van der Waals surface area contributed by atoms with E-state index in [1.165, 1.54) is 35.4 Å². The van der Waals surface area contributed by atoms with Crippen LogP contribution in [0.5, 0.6) is 0 Å². The van der Waals surface area contributed by atoms with Gasteiger partial charge in [-0.25, -0.2) is 4.39 Å². The molecular weight excluding hydrogens is 311 g/mol. The monoisotopic (exact) mass is 326 g/mol. The Hall–Kier alpha value is -3.01. The van der Waals surface area contributed by atoms with Gasteiger partial charge in [0.1, 0.15) is 11.9 Å². The van der Waals surface area contributed by atoms with E-state index >= 15 is 0 Å². The Bertz CT molecular complexity index is 846. The number of hydrogen-bond donors (Lipinski definition) is 1. The summed E-state index contributed by atoms with van der Waals surface area (Å²) >= 11 is 0. The molecule has 1 aromatic carbocycles. The predicted octanol–water partition coefficient (Wildman–Crippen LogP) is 1.62. The summed E-state index contributed by atoms with van der Waals surface area (Å²) in [5, 5.41) is 12.1. The van der Waals surface area contributed by atoms with Crippen LogP contribution in [0.15, 0.2) is 30.5 Å². The summed E-state index contributed by atoms with van der Waals surface area (Å²) in [6.45, 7) is 0.354. The van der Waals surface area contributed by atoms with Crippen LogP contribution in [0.2, 0.25) is 0 Å². The minimum Gasteiger partial charge on any atom is -0.343 e. The number of pyridine rings is 1. The zero-order chi connectivity index (χ0) is 17.1. The lowest BCUT2D eigenvalue weighted by molar-refractivity contribution is -0.130. The average molecular weight is 326 g/mol. The molecule has 7 heteroatoms. The molecule has 122 valence electrons. The van der Waals surface area contributed by atoms with E-state index in [9.17, 15) is 14.0 Å². The molecule has 0 radical (unpaired) electrons. The third-order valence-corrected chi connectivity index (χ3v) is 4.07. The van der Waals surface area contributed by atoms with E-state index in [-0.39, 0.29) is 12.5 Å². The summed E-state index contributed by atoms with van der Waals surface area (Å²) in [7, 11) is 0. The van der Waals surface area contributed by atoms with Gasteiger partial charge in [-0.1, -0.05) is 0 Å². The number of nitrogens with one attached hydrogen (secondary N) is 1. The van der Waals surface area contributed by atoms with Crippen LogP contribution in [0.25, 0.3) is 10.9 Å². The molecule has 1 N–H and O–H groups in total. The smallest absolute Gasteiger partial charge is 0.252 e. The summed E-state index contributed by atoms with van der Waals surface area (Å²) in [4.78, 5) is 30.0. The lowest BCUT2D eigenvalue weighted by Gasteiger charge is -2.19. The van der Waals surface area contributed by atoms with E-state index in [1.54, 1.807) is 0 Å². The fourth-order valence-electron chi connectivity index (χ4n) is 2.87. The van der Waals surface area contributed by atoms with Crippen molar-refractivity contribution in [3.8, 4) is 6.07 Å². The van der Waals surface area contributed by atoms with E-state index in [2.05, 4.69) is 16.4 Å². The molecule has 2 aromatic rings. The molecule has 2 amide bonds. The maximum Gasteiger partial charge on any atom is 0.252 e. The summed E-state index contributed by atoms with van der Waals surface area (Å²) in [5.41, 5.74) is 0.698. The van der Waals surface area contributed by atoms with Crippen molar-refractivity contribution in [1.82, 2.24) is 15.2 Å². The molecule has 6 nitrogen and oxygen atoms in total. The van der Waals surface area contributed by atoms with Gasteiger partial charge in [0.05, 0.1) is 23.7 Å². The van der Waals surface area contributed by atoms with Crippen LogP contribution < -0.4 is 5.32 Å². The maximum atomic E-state index is 13.2. The Morgan fingerprint density at radius 2 is 2.25 bits per heavy atom. The van der Waals surface area contributed by atoms with Gasteiger partial charge in [-0.3, -0.25) is 14.6 Å². The van der Waals surface area contributed by atoms with Gasteiger partial charge in [0, 0.05) is 24.2 Å². The van der Waals surface area contributed by atoms with Crippen LogP contribution in [-0.4, -0.2) is 40.8 Å². The zero-order valence-corrected chi connectivity index (χ0v) is 12.8. The van der Waals surface area contributed by atoms with E-state index < -0.39 is 17.8 Å². The van der Waals surface area contributed by atoms with Crippen molar-refractivity contribution in [1.29, 1.82) is 5.26 Å². The minimum atomic E-state index is -0.435. The van der Waals surface area contributed by atoms with Gasteiger partial charge >= 0.3 is 0 Å². The summed E-state index contributed by atoms with van der Waals surface area (Å²) in [6, 6.07) is 7.19. The number of fused-ring (bicyclic) bond motifs is 1. The number of carbonyl (C=O) groups is 2. The molecule has 0 aliphatic carbocycles. The van der Waals surface area contributed by atoms with Crippen molar-refractivity contribution < 1.29 is 14.0 Å². The Kier molecular flexibility index (Phi) is 4.38. The van der Waals surface area contributed by atoms with E-state index in [0.29, 0.717) is 29.4 Å². The van der Waals surface area contributed by atoms with Gasteiger partial charge in [0.15, 0.2) is 0 Å². The van der Waals surface area contributed by atoms with Crippen LogP contribution >= 0.6 is 0 Å². The number of benzene rings is 1. The van der Waals surface area contributed by atoms with Crippen molar-refractivity contribution >= 4 is 22.7 Å². The zero-order valence-electron chi connectivity index (χ0n) is 12.8. The molecule has 1 saturated heterocycles. The molecule has 0 spiro atoms. The largest absolute Gasteiger partial charge is 0.343 e. The summed E-state index contributed by atoms with van der Waals surface area (Å²) < 4.78 is 13.2. The van der Waals surface area contributed by atoms with Crippen LogP contribution in [0.3, 0.4) is 0 Å². The van der Waals surface area contributed by atoms with Gasteiger partial charge < -0.3 is 10.2 Å². The van der Waals surface area contributed by atoms with Gasteiger partial charge in [-0.2, -0.15) is 5.26 Å². The molecule has 0 unspecified atom stereocenters. The van der Waals surface area contributed by atoms with Crippen molar-refractivity contribution in [2.24, 2.45) is 0 Å². The molecule has 1 aromatic heterocycles. The normalized spacial score (nSPS) is 16.8. The first-order valence-corrected chi connectivity index (χ1v) is 7.61. The number of carbonyl (C=O) groups excluding carboxylic acids is 2. The fraction of sp³-hybridized carbons (Fsp3) is 0.294. The van der Waals surface area contributed by atoms with Crippen LogP contribution in [-0.2, 0) is 4.79 Å². The Labute approximate surface area is 137 Å². The Balaban J connectivity index is 1.72. The van der Waals surface area contributed by atoms with E-state index in [1.807, 2.05) is 0 Å². The van der Waals surface area contributed by atoms with Gasteiger partial charge in [0.2, 0.25) is 5.91 Å². The number of nitrogens with zero attached hydrogens (tertiary/aromatic N) is 3. The number of nitriles is 1. The molecule has 1 atom stereocenters. The standard InChI is InChI=1S/C17H15FN4O2/c18-11-3-4-13-14(5-6-20-15(13)8-11)17(24)21-10-16(23)22-7-1-2-12(22)9-19/h3-6,8,12H,1-2,7,10H2,(H,21,24)/t12-/m0/s1. The first-order chi connectivity index (χ1) is 11.6. The molecule has 0 bridgehead atoms. The van der Waals surface area contributed by atoms with Crippen molar-refractivity contribution in [3.05, 3.63) is 41.8 Å². The van der Waals surface area contributed by atoms with Crippen LogP contribution in [0, 0.1) is 17.1 Å². The highest BCUT2D eigenvalue weighted by atomic mass is 19.1. The predicted molar refractivity (Wildman–Crippen MR) is 84.4 cm³/mol. The Morgan fingerprint density at radius 3 is 3.04 bits per heavy atom. The number of hydrogen-bond acceptors (Lipinski definition) is 4. The number of amides is 2. The quantitative estimate of drug-likeness (QED) is 0.928. The second kappa shape index (κ2) is 6.62. The van der Waals surface area contributed by atoms with Crippen molar-refractivity contribution in [2.75, 3.05) is 13.1 Å². The molecule has 24 heavy (non-hydrogen) atoms. The van der Waals surface area contributed by atoms with Crippen LogP contribution in [0.4, 0.5) is 4.39 Å². The molecule has 0 saturated carbocycles. The topological polar surface area (TPSA) is 86.1 Å². The number of halogens is 1. The minimum absolute atomic E-state index is 0.179. The molecule has 3 rings (SSSR count). The fourth-order valence-corrected chi connectivity index (χ4v) is 2.87. The third kappa shape index (κ3) is 3.04. The number of rotatable bonds is 3. The average Bonchev–Trinajstić information content (AvgIpc) is 3.07. The summed E-state index contributed by atoms with van der Waals surface area (Å²) in [6.07, 6.45) is 2.87. The number of aromatic nitrogens is 1. The first kappa shape index (κ1) is 15.9. The molecule has 1 aliphatic rings. The third-order valence-electron chi connectivity index (χ3n) is 4.07. The van der Waals surface area contributed by atoms with Crippen molar-refractivity contribution in [3.63, 3.8) is 0 Å². The highest BCUT2D eigenvalue weighted by Crippen LogP contribution is 2.18.